The van der Waals surface area contributed by atoms with Crippen LogP contribution in [0.3, 0.4) is 0 Å². The number of primary amides is 1. The lowest BCUT2D eigenvalue weighted by molar-refractivity contribution is -0.145. The number of phosphoric acid groups is 1. The molecule has 3 heterocycles. The molecular formula is C45H68N11O21P. The highest BCUT2D eigenvalue weighted by atomic mass is 31.2. The van der Waals surface area contributed by atoms with Gasteiger partial charge in [-0.05, 0) is 63.1 Å². The van der Waals surface area contributed by atoms with Crippen molar-refractivity contribution in [2.75, 3.05) is 52.7 Å². The zero-order valence-electron chi connectivity index (χ0n) is 42.5. The molecule has 0 saturated carbocycles. The lowest BCUT2D eigenvalue weighted by Crippen LogP contribution is -2.62. The third-order valence-corrected chi connectivity index (χ3v) is 13.4. The van der Waals surface area contributed by atoms with Gasteiger partial charge < -0.3 is 98.1 Å². The highest BCUT2D eigenvalue weighted by Crippen LogP contribution is 2.36. The molecule has 3 aliphatic heterocycles. The minimum atomic E-state index is -5.41. The zero-order chi connectivity index (χ0) is 58.2. The molecule has 78 heavy (non-hydrogen) atoms. The summed E-state index contributed by atoms with van der Waals surface area (Å²) in [6, 6.07) is -10.9. The maximum absolute atomic E-state index is 14.3. The Bertz CT molecular complexity index is 2410. The first-order chi connectivity index (χ1) is 36.7. The van der Waals surface area contributed by atoms with Crippen molar-refractivity contribution in [3.63, 3.8) is 0 Å². The summed E-state index contributed by atoms with van der Waals surface area (Å²) in [4.78, 5) is 169. The van der Waals surface area contributed by atoms with Crippen LogP contribution < -0.4 is 43.0 Å². The number of aliphatic hydroxyl groups is 5. The van der Waals surface area contributed by atoms with Gasteiger partial charge in [0.2, 0.25) is 65.0 Å². The summed E-state index contributed by atoms with van der Waals surface area (Å²) in [6.07, 6.45) is -1.42. The Kier molecular flexibility index (Phi) is 23.8. The van der Waals surface area contributed by atoms with E-state index in [0.29, 0.717) is 6.42 Å². The number of nitrogens with one attached hydrogen (secondary N) is 7. The minimum absolute atomic E-state index is 0.0310. The first-order valence-corrected chi connectivity index (χ1v) is 26.2. The maximum Gasteiger partial charge on any atom is 0.469 e. The van der Waals surface area contributed by atoms with Gasteiger partial charge in [0.1, 0.15) is 66.2 Å². The number of amides is 11. The van der Waals surface area contributed by atoms with Gasteiger partial charge in [0.05, 0.1) is 39.1 Å². The van der Waals surface area contributed by atoms with Gasteiger partial charge in [0, 0.05) is 33.0 Å². The molecule has 11 amide bonds. The molecule has 3 saturated heterocycles. The van der Waals surface area contributed by atoms with Gasteiger partial charge in [-0.3, -0.25) is 57.3 Å². The summed E-state index contributed by atoms with van der Waals surface area (Å²) >= 11 is 0. The fraction of sp³-hybridized carbons (Fsp3) is 0.622. The Balaban J connectivity index is 1.53. The number of benzene rings is 1. The summed E-state index contributed by atoms with van der Waals surface area (Å²) in [5.41, 5.74) is 5.46. The standard InChI is InChI=1S/C45H68N11O21P/c1-22(61)35(42(70)51-30(20-60)44(72)55-14-3-6-32(55)39(67)49-27(17-57)36(46)64)53-41(69)34-8-5-15-56(34)45(73)31(21-77-78(74,75)76)52-37(65)26(16-24-9-11-25(63)12-10-24)48-38(66)28(18-58)50-40(68)33-7-4-13-54(33)43(71)29(19-59)47-23(2)62/h9-12,22,26-35,57-61,63H,3-8,13-21H2,1-2H3,(H2,46,64)(H,47,62)(H,48,66)(H,49,67)(H,50,68)(H,51,70)(H,52,65)(H,53,69)(H2,74,75,76)/t22-,26+,27+,28+,29+,30+,31+,32+,33+,34+,35+/m1/s1. The van der Waals surface area contributed by atoms with Crippen molar-refractivity contribution in [1.82, 2.24) is 51.9 Å². The average molecular weight is 1130 g/mol. The molecule has 434 valence electrons. The van der Waals surface area contributed by atoms with E-state index < -0.39 is 179 Å². The second kappa shape index (κ2) is 29.2. The van der Waals surface area contributed by atoms with Crippen molar-refractivity contribution in [3.05, 3.63) is 29.8 Å². The molecule has 0 unspecified atom stereocenters. The number of phenols is 1. The van der Waals surface area contributed by atoms with E-state index in [1.807, 2.05) is 0 Å². The largest absolute Gasteiger partial charge is 0.508 e. The molecular weight excluding hydrogens is 1060 g/mol. The van der Waals surface area contributed by atoms with Gasteiger partial charge in [-0.2, -0.15) is 0 Å². The Morgan fingerprint density at radius 2 is 0.987 bits per heavy atom. The number of nitrogens with zero attached hydrogens (tertiary/aromatic N) is 3. The molecule has 3 fully saturated rings. The van der Waals surface area contributed by atoms with Crippen LogP contribution in [0.5, 0.6) is 5.75 Å². The first-order valence-electron chi connectivity index (χ1n) is 24.6. The molecule has 3 aliphatic rings. The van der Waals surface area contributed by atoms with E-state index in [4.69, 9.17) is 5.73 Å². The molecule has 4 rings (SSSR count). The quantitative estimate of drug-likeness (QED) is 0.0364. The van der Waals surface area contributed by atoms with Crippen LogP contribution in [0.1, 0.15) is 57.9 Å². The number of rotatable bonds is 27. The Morgan fingerprint density at radius 1 is 0.590 bits per heavy atom. The van der Waals surface area contributed by atoms with Crippen LogP contribution in [0.4, 0.5) is 0 Å². The van der Waals surface area contributed by atoms with Gasteiger partial charge in [0.25, 0.3) is 0 Å². The summed E-state index contributed by atoms with van der Waals surface area (Å²) < 4.78 is 16.6. The molecule has 17 N–H and O–H groups in total. The highest BCUT2D eigenvalue weighted by molar-refractivity contribution is 7.46. The lowest BCUT2D eigenvalue weighted by atomic mass is 10.0. The zero-order valence-corrected chi connectivity index (χ0v) is 43.4. The molecule has 0 radical (unpaired) electrons. The topological polar surface area (TPSA) is 496 Å². The van der Waals surface area contributed by atoms with E-state index >= 15 is 0 Å². The Morgan fingerprint density at radius 3 is 1.41 bits per heavy atom. The molecule has 0 spiro atoms. The van der Waals surface area contributed by atoms with Gasteiger partial charge >= 0.3 is 7.82 Å². The van der Waals surface area contributed by atoms with Crippen molar-refractivity contribution < 1.29 is 102 Å². The second-order valence-electron chi connectivity index (χ2n) is 18.6. The summed E-state index contributed by atoms with van der Waals surface area (Å²) in [5.74, 6) is -11.4. The normalized spacial score (nSPS) is 20.4. The van der Waals surface area contributed by atoms with Crippen LogP contribution in [0.2, 0.25) is 0 Å². The van der Waals surface area contributed by atoms with Crippen molar-refractivity contribution in [2.24, 2.45) is 5.73 Å². The predicted molar refractivity (Wildman–Crippen MR) is 262 cm³/mol. The van der Waals surface area contributed by atoms with Crippen molar-refractivity contribution in [2.45, 2.75) is 125 Å². The van der Waals surface area contributed by atoms with E-state index in [2.05, 4.69) is 41.7 Å². The minimum Gasteiger partial charge on any atom is -0.508 e. The van der Waals surface area contributed by atoms with Gasteiger partial charge in [0.15, 0.2) is 0 Å². The number of hydrogen-bond donors (Lipinski definition) is 16. The average Bonchev–Trinajstić information content (AvgIpc) is 4.24. The second-order valence-corrected chi connectivity index (χ2v) is 19.9. The summed E-state index contributed by atoms with van der Waals surface area (Å²) in [7, 11) is -5.41. The number of phosphoric ester groups is 1. The summed E-state index contributed by atoms with van der Waals surface area (Å²) in [6.45, 7) is -3.04. The van der Waals surface area contributed by atoms with E-state index in [1.165, 1.54) is 24.3 Å². The van der Waals surface area contributed by atoms with Crippen LogP contribution in [0.25, 0.3) is 0 Å². The fourth-order valence-corrected chi connectivity index (χ4v) is 9.29. The van der Waals surface area contributed by atoms with E-state index in [-0.39, 0.29) is 63.1 Å². The monoisotopic (exact) mass is 1130 g/mol. The van der Waals surface area contributed by atoms with Crippen LogP contribution in [0, 0.1) is 0 Å². The first kappa shape index (κ1) is 63.6. The third-order valence-electron chi connectivity index (χ3n) is 12.9. The predicted octanol–water partition coefficient (Wildman–Crippen LogP) is -8.73. The smallest absolute Gasteiger partial charge is 0.469 e. The molecule has 11 atom stereocenters. The number of carbonyl (C=O) groups is 11. The van der Waals surface area contributed by atoms with Gasteiger partial charge in [-0.15, -0.1) is 0 Å². The number of hydrogen-bond acceptors (Lipinski definition) is 19. The highest BCUT2D eigenvalue weighted by Gasteiger charge is 2.44. The molecule has 1 aromatic carbocycles. The number of phenolic OH excluding ortho intramolecular Hbond substituents is 1. The van der Waals surface area contributed by atoms with E-state index in [9.17, 15) is 97.7 Å². The number of nitrogens with two attached hydrogens (primary N) is 1. The molecule has 32 nitrogen and oxygen atoms in total. The van der Waals surface area contributed by atoms with Crippen LogP contribution in [-0.4, -0.2) is 239 Å². The molecule has 33 heteroatoms. The van der Waals surface area contributed by atoms with E-state index in [0.717, 1.165) is 28.5 Å². The van der Waals surface area contributed by atoms with Gasteiger partial charge in [-0.25, -0.2) is 4.57 Å². The molecule has 1 aromatic rings. The van der Waals surface area contributed by atoms with Crippen LogP contribution in [-0.2, 0) is 68.2 Å². The number of likely N-dealkylation sites (tertiary alicyclic amines) is 3. The van der Waals surface area contributed by atoms with Gasteiger partial charge in [-0.1, -0.05) is 12.1 Å². The van der Waals surface area contributed by atoms with Crippen molar-refractivity contribution >= 4 is 72.8 Å². The third kappa shape index (κ3) is 17.6. The van der Waals surface area contributed by atoms with Crippen molar-refractivity contribution in [1.29, 1.82) is 0 Å². The van der Waals surface area contributed by atoms with E-state index in [1.54, 1.807) is 0 Å². The molecule has 0 aliphatic carbocycles. The van der Waals surface area contributed by atoms with Crippen molar-refractivity contribution in [3.8, 4) is 5.75 Å². The fourth-order valence-electron chi connectivity index (χ4n) is 8.95. The number of aliphatic hydroxyl groups excluding tert-OH is 5. The molecule has 0 aromatic heterocycles. The SMILES string of the molecule is CC(=O)N[C@@H](CO)C(=O)N1CCC[C@H]1C(=O)N[C@@H](CO)C(=O)N[C@@H](Cc1ccc(O)cc1)C(=O)N[C@@H](COP(=O)(O)O)C(=O)N1CCC[C@H]1C(=O)N[C@H](C(=O)N[C@@H](CO)C(=O)N1CCC[C@H]1C(=O)N[C@@H](CO)C(N)=O)[C@@H](C)O. The summed E-state index contributed by atoms with van der Waals surface area (Å²) in [5, 5.41) is 76.1. The van der Waals surface area contributed by atoms with Crippen LogP contribution >= 0.6 is 7.82 Å². The number of carbonyl (C=O) groups excluding carboxylic acids is 11. The Hall–Kier alpha value is -6.90. The molecule has 0 bridgehead atoms. The maximum atomic E-state index is 14.3. The number of aromatic hydroxyl groups is 1. The lowest BCUT2D eigenvalue weighted by Gasteiger charge is -2.32. The van der Waals surface area contributed by atoms with Crippen LogP contribution in [0.15, 0.2) is 24.3 Å². The Labute approximate surface area is 445 Å².